The Morgan fingerprint density at radius 1 is 1.08 bits per heavy atom. The predicted molar refractivity (Wildman–Crippen MR) is 104 cm³/mol. The molecular formula is C20H20BrNO4. The Bertz CT molecular complexity index is 816. The molecule has 0 saturated carbocycles. The van der Waals surface area contributed by atoms with Gasteiger partial charge in [-0.3, -0.25) is 0 Å². The Kier molecular flexibility index (Phi) is 7.12. The van der Waals surface area contributed by atoms with E-state index in [9.17, 15) is 9.59 Å². The van der Waals surface area contributed by atoms with Crippen molar-refractivity contribution in [3.63, 3.8) is 0 Å². The highest BCUT2D eigenvalue weighted by atomic mass is 79.9. The zero-order chi connectivity index (χ0) is 19.1. The Hall–Kier alpha value is -2.44. The van der Waals surface area contributed by atoms with Gasteiger partial charge in [0.15, 0.2) is 0 Å². The van der Waals surface area contributed by atoms with Gasteiger partial charge in [-0.05, 0) is 47.9 Å². The maximum Gasteiger partial charge on any atom is 0.328 e. The molecule has 0 unspecified atom stereocenters. The minimum atomic E-state index is -1.26. The SMILES string of the molecule is CN1CCc2cccc(-c3cccc(Br)c3)c2C1.O=C(O)/C=C\C(=O)O. The van der Waals surface area contributed by atoms with Gasteiger partial charge in [-0.2, -0.15) is 0 Å². The summed E-state index contributed by atoms with van der Waals surface area (Å²) in [4.78, 5) is 21.5. The smallest absolute Gasteiger partial charge is 0.328 e. The Labute approximate surface area is 160 Å². The zero-order valence-electron chi connectivity index (χ0n) is 14.4. The topological polar surface area (TPSA) is 77.8 Å². The van der Waals surface area contributed by atoms with E-state index in [0.717, 1.165) is 24.0 Å². The molecule has 2 aromatic carbocycles. The van der Waals surface area contributed by atoms with E-state index in [4.69, 9.17) is 10.2 Å². The molecule has 0 aromatic heterocycles. The summed E-state index contributed by atoms with van der Waals surface area (Å²) < 4.78 is 1.14. The van der Waals surface area contributed by atoms with Crippen molar-refractivity contribution in [2.75, 3.05) is 13.6 Å². The van der Waals surface area contributed by atoms with E-state index in [2.05, 4.69) is 70.3 Å². The number of carboxylic acid groups (broad SMARTS) is 2. The molecule has 0 saturated heterocycles. The molecule has 5 nitrogen and oxygen atoms in total. The number of hydrogen-bond acceptors (Lipinski definition) is 3. The van der Waals surface area contributed by atoms with Gasteiger partial charge in [-0.1, -0.05) is 46.3 Å². The Morgan fingerprint density at radius 3 is 2.35 bits per heavy atom. The molecule has 0 aliphatic carbocycles. The molecule has 3 rings (SSSR count). The van der Waals surface area contributed by atoms with E-state index < -0.39 is 11.9 Å². The highest BCUT2D eigenvalue weighted by molar-refractivity contribution is 9.10. The number of benzene rings is 2. The fourth-order valence-corrected chi connectivity index (χ4v) is 3.18. The van der Waals surface area contributed by atoms with E-state index in [0.29, 0.717) is 12.2 Å². The van der Waals surface area contributed by atoms with Crippen LogP contribution in [0.1, 0.15) is 11.1 Å². The number of halogens is 1. The number of carbonyl (C=O) groups is 2. The lowest BCUT2D eigenvalue weighted by Gasteiger charge is -2.27. The van der Waals surface area contributed by atoms with E-state index in [1.54, 1.807) is 0 Å². The van der Waals surface area contributed by atoms with Gasteiger partial charge in [0.05, 0.1) is 0 Å². The van der Waals surface area contributed by atoms with Gasteiger partial charge in [0.2, 0.25) is 0 Å². The van der Waals surface area contributed by atoms with Crippen LogP contribution in [0.2, 0.25) is 0 Å². The highest BCUT2D eigenvalue weighted by Gasteiger charge is 2.16. The van der Waals surface area contributed by atoms with Crippen molar-refractivity contribution in [3.05, 3.63) is 70.2 Å². The molecule has 1 aliphatic rings. The van der Waals surface area contributed by atoms with Crippen LogP contribution in [0.25, 0.3) is 11.1 Å². The number of fused-ring (bicyclic) bond motifs is 1. The van der Waals surface area contributed by atoms with Gasteiger partial charge in [0.25, 0.3) is 0 Å². The first-order chi connectivity index (χ1) is 12.4. The van der Waals surface area contributed by atoms with Crippen molar-refractivity contribution in [2.24, 2.45) is 0 Å². The monoisotopic (exact) mass is 417 g/mol. The van der Waals surface area contributed by atoms with E-state index >= 15 is 0 Å². The van der Waals surface area contributed by atoms with Crippen LogP contribution in [0.15, 0.2) is 59.1 Å². The molecule has 0 fully saturated rings. The molecule has 0 bridgehead atoms. The number of rotatable bonds is 3. The quantitative estimate of drug-likeness (QED) is 0.742. The third-order valence-electron chi connectivity index (χ3n) is 3.97. The fourth-order valence-electron chi connectivity index (χ4n) is 2.78. The summed E-state index contributed by atoms with van der Waals surface area (Å²) in [6.07, 6.45) is 2.28. The van der Waals surface area contributed by atoms with Crippen molar-refractivity contribution in [1.29, 1.82) is 0 Å². The normalized spacial score (nSPS) is 13.6. The van der Waals surface area contributed by atoms with Crippen molar-refractivity contribution in [1.82, 2.24) is 4.90 Å². The van der Waals surface area contributed by atoms with Crippen molar-refractivity contribution < 1.29 is 19.8 Å². The van der Waals surface area contributed by atoms with E-state index in [1.807, 2.05) is 0 Å². The molecule has 0 amide bonds. The van der Waals surface area contributed by atoms with Crippen LogP contribution >= 0.6 is 15.9 Å². The number of hydrogen-bond donors (Lipinski definition) is 2. The van der Waals surface area contributed by atoms with Crippen LogP contribution in [0.5, 0.6) is 0 Å². The standard InChI is InChI=1S/C16H16BrN.C4H4O4/c1-18-9-8-12-4-3-7-15(16(12)11-18)13-5-2-6-14(17)10-13;5-3(6)1-2-4(7)8/h2-7,10H,8-9,11H2,1H3;1-2H,(H,5,6)(H,7,8)/b;2-1-. The van der Waals surface area contributed by atoms with Crippen LogP contribution < -0.4 is 0 Å². The second kappa shape index (κ2) is 9.31. The molecule has 1 aliphatic heterocycles. The minimum absolute atomic E-state index is 0.558. The summed E-state index contributed by atoms with van der Waals surface area (Å²) in [7, 11) is 2.20. The summed E-state index contributed by atoms with van der Waals surface area (Å²) >= 11 is 3.56. The van der Waals surface area contributed by atoms with E-state index in [-0.39, 0.29) is 0 Å². The average Bonchev–Trinajstić information content (AvgIpc) is 2.60. The molecule has 6 heteroatoms. The largest absolute Gasteiger partial charge is 0.478 e. The summed E-state index contributed by atoms with van der Waals surface area (Å²) in [6, 6.07) is 15.2. The lowest BCUT2D eigenvalue weighted by Crippen LogP contribution is -2.26. The molecule has 0 spiro atoms. The Balaban J connectivity index is 0.000000260. The van der Waals surface area contributed by atoms with Gasteiger partial charge < -0.3 is 15.1 Å². The van der Waals surface area contributed by atoms with Crippen LogP contribution in [0, 0.1) is 0 Å². The molecule has 26 heavy (non-hydrogen) atoms. The van der Waals surface area contributed by atoms with Gasteiger partial charge in [0.1, 0.15) is 0 Å². The minimum Gasteiger partial charge on any atom is -0.478 e. The van der Waals surface area contributed by atoms with Crippen molar-refractivity contribution >= 4 is 27.9 Å². The zero-order valence-corrected chi connectivity index (χ0v) is 15.9. The van der Waals surface area contributed by atoms with Gasteiger partial charge in [-0.25, -0.2) is 9.59 Å². The molecule has 0 atom stereocenters. The van der Waals surface area contributed by atoms with E-state index in [1.165, 1.54) is 22.3 Å². The molecule has 2 N–H and O–H groups in total. The number of aliphatic carboxylic acids is 2. The first-order valence-electron chi connectivity index (χ1n) is 8.06. The van der Waals surface area contributed by atoms with Crippen LogP contribution in [0.3, 0.4) is 0 Å². The summed E-state index contributed by atoms with van der Waals surface area (Å²) in [5.74, 6) is -2.51. The van der Waals surface area contributed by atoms with Gasteiger partial charge >= 0.3 is 11.9 Å². The molecular weight excluding hydrogens is 398 g/mol. The number of carboxylic acids is 2. The molecule has 2 aromatic rings. The molecule has 136 valence electrons. The molecule has 1 heterocycles. The second-order valence-electron chi connectivity index (χ2n) is 5.95. The summed E-state index contributed by atoms with van der Waals surface area (Å²) in [5, 5.41) is 15.6. The first-order valence-corrected chi connectivity index (χ1v) is 8.85. The van der Waals surface area contributed by atoms with Crippen molar-refractivity contribution in [3.8, 4) is 11.1 Å². The van der Waals surface area contributed by atoms with Gasteiger partial charge in [0, 0.05) is 29.7 Å². The number of nitrogens with zero attached hydrogens (tertiary/aromatic N) is 1. The lowest BCUT2D eigenvalue weighted by atomic mass is 9.91. The number of likely N-dealkylation sites (N-methyl/N-ethyl adjacent to an activating group) is 1. The third-order valence-corrected chi connectivity index (χ3v) is 4.46. The lowest BCUT2D eigenvalue weighted by molar-refractivity contribution is -0.134. The predicted octanol–water partition coefficient (Wildman–Crippen LogP) is 3.82. The third kappa shape index (κ3) is 5.82. The fraction of sp³-hybridized carbons (Fsp3) is 0.200. The van der Waals surface area contributed by atoms with Crippen LogP contribution in [-0.2, 0) is 22.6 Å². The summed E-state index contributed by atoms with van der Waals surface area (Å²) in [6.45, 7) is 2.22. The second-order valence-corrected chi connectivity index (χ2v) is 6.87. The van der Waals surface area contributed by atoms with Crippen LogP contribution in [-0.4, -0.2) is 40.6 Å². The maximum absolute atomic E-state index is 9.55. The van der Waals surface area contributed by atoms with Crippen LogP contribution in [0.4, 0.5) is 0 Å². The highest BCUT2D eigenvalue weighted by Crippen LogP contribution is 2.31. The average molecular weight is 418 g/mol. The first kappa shape index (κ1) is 19.9. The Morgan fingerprint density at radius 2 is 1.73 bits per heavy atom. The van der Waals surface area contributed by atoms with Gasteiger partial charge in [-0.15, -0.1) is 0 Å². The van der Waals surface area contributed by atoms with Crippen molar-refractivity contribution in [2.45, 2.75) is 13.0 Å². The summed E-state index contributed by atoms with van der Waals surface area (Å²) in [5.41, 5.74) is 5.67. The maximum atomic E-state index is 9.55. The molecule has 0 radical (unpaired) electrons.